The molecule has 2 heterocycles. The van der Waals surface area contributed by atoms with Gasteiger partial charge in [0, 0.05) is 37.2 Å². The number of hydrogen-bond acceptors (Lipinski definition) is 5. The predicted octanol–water partition coefficient (Wildman–Crippen LogP) is 4.05. The van der Waals surface area contributed by atoms with E-state index in [-0.39, 0.29) is 0 Å². The van der Waals surface area contributed by atoms with Crippen molar-refractivity contribution < 1.29 is 13.9 Å². The summed E-state index contributed by atoms with van der Waals surface area (Å²) in [5.74, 6) is 2.56. The minimum Gasteiger partial charge on any atom is -0.497 e. The Hall–Kier alpha value is -2.53. The lowest BCUT2D eigenvalue weighted by Crippen LogP contribution is -2.04. The number of aromatic nitrogens is 1. The Labute approximate surface area is 153 Å². The van der Waals surface area contributed by atoms with Gasteiger partial charge in [0.15, 0.2) is 11.5 Å². The van der Waals surface area contributed by atoms with Crippen LogP contribution in [0, 0.1) is 0 Å². The second-order valence-electron chi connectivity index (χ2n) is 6.73. The maximum absolute atomic E-state index is 5.79. The van der Waals surface area contributed by atoms with Gasteiger partial charge in [-0.2, -0.15) is 0 Å². The van der Waals surface area contributed by atoms with Gasteiger partial charge in [0.1, 0.15) is 17.0 Å². The Kier molecular flexibility index (Phi) is 4.80. The number of ether oxygens (including phenoxy) is 2. The molecule has 1 fully saturated rings. The van der Waals surface area contributed by atoms with Gasteiger partial charge in [-0.05, 0) is 31.0 Å². The molecule has 0 bridgehead atoms. The molecule has 0 N–H and O–H groups in total. The first kappa shape index (κ1) is 16.9. The van der Waals surface area contributed by atoms with Crippen molar-refractivity contribution in [3.8, 4) is 11.5 Å². The number of nitrogens with zero attached hydrogens (tertiary/aromatic N) is 2. The highest BCUT2D eigenvalue weighted by molar-refractivity contribution is 5.72. The SMILES string of the molecule is COc1ccc(CN2C[C@H]2CCCc2nc3ccccc3o2)c(OC)c1. The number of methoxy groups -OCH3 is 2. The molecular weight excluding hydrogens is 328 g/mol. The van der Waals surface area contributed by atoms with E-state index in [4.69, 9.17) is 13.9 Å². The number of hydrogen-bond donors (Lipinski definition) is 0. The van der Waals surface area contributed by atoms with Crippen LogP contribution >= 0.6 is 0 Å². The van der Waals surface area contributed by atoms with Gasteiger partial charge in [-0.25, -0.2) is 4.98 Å². The van der Waals surface area contributed by atoms with Crippen molar-refractivity contribution in [1.82, 2.24) is 9.88 Å². The third-order valence-electron chi connectivity index (χ3n) is 4.96. The normalized spacial score (nSPS) is 18.8. The molecule has 0 radical (unpaired) electrons. The first-order valence-electron chi connectivity index (χ1n) is 9.06. The van der Waals surface area contributed by atoms with E-state index >= 15 is 0 Å². The first-order chi connectivity index (χ1) is 12.8. The maximum atomic E-state index is 5.79. The van der Waals surface area contributed by atoms with Gasteiger partial charge < -0.3 is 13.9 Å². The zero-order valence-electron chi connectivity index (χ0n) is 15.3. The first-order valence-corrected chi connectivity index (χ1v) is 9.06. The topological polar surface area (TPSA) is 47.5 Å². The van der Waals surface area contributed by atoms with Crippen molar-refractivity contribution in [3.05, 3.63) is 53.9 Å². The fourth-order valence-corrected chi connectivity index (χ4v) is 3.41. The molecule has 0 saturated carbocycles. The van der Waals surface area contributed by atoms with E-state index in [2.05, 4.69) is 16.0 Å². The second kappa shape index (κ2) is 7.38. The fourth-order valence-electron chi connectivity index (χ4n) is 3.41. The predicted molar refractivity (Wildman–Crippen MR) is 101 cm³/mol. The number of benzene rings is 2. The molecule has 0 amide bonds. The van der Waals surface area contributed by atoms with Crippen LogP contribution in [0.15, 0.2) is 46.9 Å². The van der Waals surface area contributed by atoms with Gasteiger partial charge in [-0.3, -0.25) is 4.90 Å². The zero-order valence-corrected chi connectivity index (χ0v) is 15.3. The van der Waals surface area contributed by atoms with Crippen LogP contribution in [0.1, 0.15) is 24.3 Å². The molecule has 1 aromatic heterocycles. The number of oxazole rings is 1. The summed E-state index contributed by atoms with van der Waals surface area (Å²) in [5, 5.41) is 0. The average Bonchev–Trinajstić information content (AvgIpc) is 3.26. The summed E-state index contributed by atoms with van der Waals surface area (Å²) in [6.07, 6.45) is 3.15. The Bertz CT molecular complexity index is 857. The molecule has 4 rings (SSSR count). The molecule has 1 unspecified atom stereocenters. The summed E-state index contributed by atoms with van der Waals surface area (Å²) in [6.45, 7) is 2.06. The number of para-hydroxylation sites is 2. The van der Waals surface area contributed by atoms with Crippen LogP contribution in [0.2, 0.25) is 0 Å². The van der Waals surface area contributed by atoms with Gasteiger partial charge in [-0.1, -0.05) is 18.2 Å². The number of fused-ring (bicyclic) bond motifs is 1. The van der Waals surface area contributed by atoms with Crippen LogP contribution in [0.5, 0.6) is 11.5 Å². The summed E-state index contributed by atoms with van der Waals surface area (Å²) in [7, 11) is 3.38. The van der Waals surface area contributed by atoms with E-state index in [1.807, 2.05) is 36.4 Å². The van der Waals surface area contributed by atoms with Gasteiger partial charge in [0.05, 0.1) is 14.2 Å². The molecule has 3 aromatic rings. The molecule has 1 aliphatic heterocycles. The lowest BCUT2D eigenvalue weighted by molar-refractivity contribution is 0.383. The number of aryl methyl sites for hydroxylation is 1. The van der Waals surface area contributed by atoms with Crippen molar-refractivity contribution in [2.45, 2.75) is 31.8 Å². The summed E-state index contributed by atoms with van der Waals surface area (Å²) < 4.78 is 16.5. The van der Waals surface area contributed by atoms with E-state index in [9.17, 15) is 0 Å². The largest absolute Gasteiger partial charge is 0.497 e. The standard InChI is InChI=1S/C21H24N2O3/c1-24-17-11-10-15(20(12-17)25-2)13-23-14-16(23)6-5-9-21-22-18-7-3-4-8-19(18)26-21/h3-4,7-8,10-12,16H,5-6,9,13-14H2,1-2H3/t16-,23?/m1/s1. The zero-order chi connectivity index (χ0) is 17.9. The highest BCUT2D eigenvalue weighted by atomic mass is 16.5. The molecule has 0 spiro atoms. The molecule has 1 aliphatic rings. The van der Waals surface area contributed by atoms with E-state index in [0.29, 0.717) is 6.04 Å². The molecular formula is C21H24N2O3. The number of rotatable bonds is 8. The van der Waals surface area contributed by atoms with Crippen LogP contribution in [0.25, 0.3) is 11.1 Å². The molecule has 1 saturated heterocycles. The van der Waals surface area contributed by atoms with Gasteiger partial charge >= 0.3 is 0 Å². The van der Waals surface area contributed by atoms with E-state index in [1.165, 1.54) is 5.56 Å². The monoisotopic (exact) mass is 352 g/mol. The fraction of sp³-hybridized carbons (Fsp3) is 0.381. The third kappa shape index (κ3) is 3.68. The van der Waals surface area contributed by atoms with Crippen molar-refractivity contribution in [1.29, 1.82) is 0 Å². The van der Waals surface area contributed by atoms with Crippen LogP contribution < -0.4 is 9.47 Å². The van der Waals surface area contributed by atoms with Crippen LogP contribution in [-0.4, -0.2) is 36.7 Å². The summed E-state index contributed by atoms with van der Waals surface area (Å²) in [4.78, 5) is 7.02. The highest BCUT2D eigenvalue weighted by Gasteiger charge is 2.33. The lowest BCUT2D eigenvalue weighted by atomic mass is 10.1. The lowest BCUT2D eigenvalue weighted by Gasteiger charge is -2.11. The van der Waals surface area contributed by atoms with Crippen LogP contribution in [-0.2, 0) is 13.0 Å². The minimum absolute atomic E-state index is 0.645. The highest BCUT2D eigenvalue weighted by Crippen LogP contribution is 2.31. The van der Waals surface area contributed by atoms with Crippen molar-refractivity contribution in [2.75, 3.05) is 20.8 Å². The Morgan fingerprint density at radius 1 is 1.15 bits per heavy atom. The van der Waals surface area contributed by atoms with Crippen molar-refractivity contribution >= 4 is 11.1 Å². The Morgan fingerprint density at radius 2 is 2.04 bits per heavy atom. The second-order valence-corrected chi connectivity index (χ2v) is 6.73. The Morgan fingerprint density at radius 3 is 2.85 bits per heavy atom. The Balaban J connectivity index is 1.27. The molecule has 2 atom stereocenters. The summed E-state index contributed by atoms with van der Waals surface area (Å²) >= 11 is 0. The van der Waals surface area contributed by atoms with Gasteiger partial charge in [0.2, 0.25) is 0 Å². The molecule has 5 nitrogen and oxygen atoms in total. The van der Waals surface area contributed by atoms with E-state index in [1.54, 1.807) is 14.2 Å². The van der Waals surface area contributed by atoms with Crippen LogP contribution in [0.3, 0.4) is 0 Å². The van der Waals surface area contributed by atoms with Gasteiger partial charge in [0.25, 0.3) is 0 Å². The third-order valence-corrected chi connectivity index (χ3v) is 4.96. The molecule has 136 valence electrons. The summed E-state index contributed by atoms with van der Waals surface area (Å²) in [6, 6.07) is 14.6. The van der Waals surface area contributed by atoms with Gasteiger partial charge in [-0.15, -0.1) is 0 Å². The smallest absolute Gasteiger partial charge is 0.195 e. The molecule has 0 aliphatic carbocycles. The average molecular weight is 352 g/mol. The van der Waals surface area contributed by atoms with Crippen LogP contribution in [0.4, 0.5) is 0 Å². The molecule has 2 aromatic carbocycles. The van der Waals surface area contributed by atoms with E-state index < -0.39 is 0 Å². The van der Waals surface area contributed by atoms with Crippen molar-refractivity contribution in [2.24, 2.45) is 0 Å². The minimum atomic E-state index is 0.645. The maximum Gasteiger partial charge on any atom is 0.195 e. The van der Waals surface area contributed by atoms with Crippen molar-refractivity contribution in [3.63, 3.8) is 0 Å². The molecule has 26 heavy (non-hydrogen) atoms. The molecule has 5 heteroatoms. The summed E-state index contributed by atoms with van der Waals surface area (Å²) in [5.41, 5.74) is 3.03. The van der Waals surface area contributed by atoms with E-state index in [0.717, 1.165) is 60.8 Å². The quantitative estimate of drug-likeness (QED) is 0.572.